The number of halogens is 2. The molecular weight excluding hydrogens is 313 g/mol. The highest BCUT2D eigenvalue weighted by Gasteiger charge is 2.08. The molecule has 1 N–H and O–H groups in total. The molecule has 0 heterocycles. The quantitative estimate of drug-likeness (QED) is 0.582. The van der Waals surface area contributed by atoms with Crippen LogP contribution in [0.1, 0.15) is 18.1 Å². The molecule has 0 aliphatic rings. The Morgan fingerprint density at radius 3 is 2.52 bits per heavy atom. The molecule has 0 aliphatic heterocycles. The van der Waals surface area contributed by atoms with Crippen LogP contribution in [0, 0.1) is 19.7 Å². The van der Waals surface area contributed by atoms with Crippen molar-refractivity contribution in [3.63, 3.8) is 0 Å². The predicted molar refractivity (Wildman–Crippen MR) is 97.1 cm³/mol. The van der Waals surface area contributed by atoms with Gasteiger partial charge in [0.15, 0.2) is 0 Å². The first kappa shape index (κ1) is 17.3. The summed E-state index contributed by atoms with van der Waals surface area (Å²) in [5.41, 5.74) is 3.93. The van der Waals surface area contributed by atoms with Crippen molar-refractivity contribution in [2.75, 3.05) is 18.9 Å². The van der Waals surface area contributed by atoms with Crippen molar-refractivity contribution < 1.29 is 4.39 Å². The predicted octanol–water partition coefficient (Wildman–Crippen LogP) is 5.45. The van der Waals surface area contributed by atoms with Crippen molar-refractivity contribution in [1.82, 2.24) is 4.90 Å². The number of nitrogens with one attached hydrogen (secondary N) is 1. The molecule has 2 rings (SSSR count). The van der Waals surface area contributed by atoms with Crippen LogP contribution in [0.25, 0.3) is 0 Å². The maximum atomic E-state index is 13.5. The molecule has 0 amide bonds. The van der Waals surface area contributed by atoms with Crippen LogP contribution in [0.4, 0.5) is 21.5 Å². The number of anilines is 2. The second-order valence-electron chi connectivity index (χ2n) is 5.61. The molecule has 122 valence electrons. The van der Waals surface area contributed by atoms with Gasteiger partial charge in [-0.3, -0.25) is 0 Å². The fraction of sp³-hybridized carbons (Fsp3) is 0.278. The molecule has 0 fully saturated rings. The first-order valence-corrected chi connectivity index (χ1v) is 7.85. The molecule has 5 heteroatoms. The lowest BCUT2D eigenvalue weighted by molar-refractivity contribution is 0.552. The highest BCUT2D eigenvalue weighted by molar-refractivity contribution is 6.36. The van der Waals surface area contributed by atoms with Gasteiger partial charge in [-0.05, 0) is 62.2 Å². The van der Waals surface area contributed by atoms with Gasteiger partial charge >= 0.3 is 0 Å². The fourth-order valence-corrected chi connectivity index (χ4v) is 2.35. The van der Waals surface area contributed by atoms with Crippen LogP contribution in [0.5, 0.6) is 0 Å². The first-order chi connectivity index (χ1) is 10.9. The maximum Gasteiger partial charge on any atom is 0.125 e. The summed E-state index contributed by atoms with van der Waals surface area (Å²) in [6, 6.07) is 8.64. The standard InChI is InChI=1S/C18H21ClFN3/c1-5-23(4)11-21-16-8-13(3)9-17(18(16)19)22-15-7-12(2)6-14(20)10-15/h6-11,22H,5H2,1-4H3. The number of rotatable bonds is 5. The normalized spacial score (nSPS) is 11.0. The van der Waals surface area contributed by atoms with Gasteiger partial charge in [-0.1, -0.05) is 11.6 Å². The highest BCUT2D eigenvalue weighted by Crippen LogP contribution is 2.35. The van der Waals surface area contributed by atoms with Crippen LogP contribution >= 0.6 is 11.6 Å². The van der Waals surface area contributed by atoms with E-state index < -0.39 is 0 Å². The van der Waals surface area contributed by atoms with Crippen LogP contribution < -0.4 is 5.32 Å². The molecule has 0 saturated heterocycles. The molecule has 0 saturated carbocycles. The van der Waals surface area contributed by atoms with Crippen molar-refractivity contribution in [2.45, 2.75) is 20.8 Å². The van der Waals surface area contributed by atoms with Crippen LogP contribution in [-0.2, 0) is 0 Å². The van der Waals surface area contributed by atoms with Crippen LogP contribution in [0.2, 0.25) is 5.02 Å². The van der Waals surface area contributed by atoms with E-state index >= 15 is 0 Å². The van der Waals surface area contributed by atoms with Crippen molar-refractivity contribution in [1.29, 1.82) is 0 Å². The van der Waals surface area contributed by atoms with Crippen molar-refractivity contribution in [3.8, 4) is 0 Å². The Balaban J connectivity index is 2.35. The summed E-state index contributed by atoms with van der Waals surface area (Å²) in [4.78, 5) is 6.39. The summed E-state index contributed by atoms with van der Waals surface area (Å²) in [6.45, 7) is 6.73. The number of aryl methyl sites for hydroxylation is 2. The van der Waals surface area contributed by atoms with E-state index in [0.29, 0.717) is 22.1 Å². The van der Waals surface area contributed by atoms with E-state index in [1.165, 1.54) is 12.1 Å². The van der Waals surface area contributed by atoms with Gasteiger partial charge in [-0.15, -0.1) is 0 Å². The van der Waals surface area contributed by atoms with E-state index in [1.807, 2.05) is 50.9 Å². The van der Waals surface area contributed by atoms with Gasteiger partial charge in [0.25, 0.3) is 0 Å². The number of aliphatic imine (C=N–C) groups is 1. The topological polar surface area (TPSA) is 27.6 Å². The maximum absolute atomic E-state index is 13.5. The minimum absolute atomic E-state index is 0.279. The Bertz CT molecular complexity index is 708. The average Bonchev–Trinajstić information content (AvgIpc) is 2.47. The van der Waals surface area contributed by atoms with Crippen LogP contribution in [0.15, 0.2) is 35.3 Å². The van der Waals surface area contributed by atoms with Crippen molar-refractivity contribution in [2.24, 2.45) is 4.99 Å². The Labute approximate surface area is 141 Å². The summed E-state index contributed by atoms with van der Waals surface area (Å²) < 4.78 is 13.5. The van der Waals surface area contributed by atoms with E-state index in [2.05, 4.69) is 10.3 Å². The zero-order chi connectivity index (χ0) is 17.0. The van der Waals surface area contributed by atoms with Crippen LogP contribution in [0.3, 0.4) is 0 Å². The molecule has 23 heavy (non-hydrogen) atoms. The van der Waals surface area contributed by atoms with Crippen LogP contribution in [-0.4, -0.2) is 24.8 Å². The zero-order valence-corrected chi connectivity index (χ0v) is 14.6. The van der Waals surface area contributed by atoms with Crippen molar-refractivity contribution >= 4 is 35.0 Å². The summed E-state index contributed by atoms with van der Waals surface area (Å²) in [7, 11) is 1.95. The van der Waals surface area contributed by atoms with E-state index in [9.17, 15) is 4.39 Å². The van der Waals surface area contributed by atoms with Gasteiger partial charge in [0, 0.05) is 19.3 Å². The molecule has 0 atom stereocenters. The third-order valence-corrected chi connectivity index (χ3v) is 3.81. The van der Waals surface area contributed by atoms with E-state index in [1.54, 1.807) is 6.34 Å². The minimum atomic E-state index is -0.279. The van der Waals surface area contributed by atoms with Gasteiger partial charge < -0.3 is 10.2 Å². The lowest BCUT2D eigenvalue weighted by Crippen LogP contribution is -2.14. The lowest BCUT2D eigenvalue weighted by Gasteiger charge is -2.13. The molecule has 0 aliphatic carbocycles. The summed E-state index contributed by atoms with van der Waals surface area (Å²) in [6.07, 6.45) is 1.75. The summed E-state index contributed by atoms with van der Waals surface area (Å²) in [5, 5.41) is 3.69. The minimum Gasteiger partial charge on any atom is -0.366 e. The van der Waals surface area contributed by atoms with E-state index in [0.717, 1.165) is 17.7 Å². The van der Waals surface area contributed by atoms with Gasteiger partial charge in [0.05, 0.1) is 22.7 Å². The average molecular weight is 334 g/mol. The molecule has 0 unspecified atom stereocenters. The Kier molecular flexibility index (Phi) is 5.61. The lowest BCUT2D eigenvalue weighted by atomic mass is 10.1. The molecule has 3 nitrogen and oxygen atoms in total. The second kappa shape index (κ2) is 7.47. The smallest absolute Gasteiger partial charge is 0.125 e. The summed E-state index contributed by atoms with van der Waals surface area (Å²) in [5.74, 6) is -0.279. The zero-order valence-electron chi connectivity index (χ0n) is 13.8. The van der Waals surface area contributed by atoms with E-state index in [4.69, 9.17) is 11.6 Å². The number of hydrogen-bond donors (Lipinski definition) is 1. The summed E-state index contributed by atoms with van der Waals surface area (Å²) >= 11 is 6.45. The Hall–Kier alpha value is -2.07. The Morgan fingerprint density at radius 2 is 1.87 bits per heavy atom. The van der Waals surface area contributed by atoms with Gasteiger partial charge in [0.1, 0.15) is 5.82 Å². The monoisotopic (exact) mass is 333 g/mol. The molecule has 0 radical (unpaired) electrons. The number of nitrogens with zero attached hydrogens (tertiary/aromatic N) is 2. The molecule has 0 aromatic heterocycles. The number of hydrogen-bond acceptors (Lipinski definition) is 2. The number of benzene rings is 2. The molecule has 2 aromatic rings. The first-order valence-electron chi connectivity index (χ1n) is 7.48. The largest absolute Gasteiger partial charge is 0.366 e. The van der Waals surface area contributed by atoms with Gasteiger partial charge in [0.2, 0.25) is 0 Å². The fourth-order valence-electron chi connectivity index (χ4n) is 2.14. The van der Waals surface area contributed by atoms with Gasteiger partial charge in [-0.25, -0.2) is 9.38 Å². The molecule has 0 bridgehead atoms. The molecule has 2 aromatic carbocycles. The van der Waals surface area contributed by atoms with Gasteiger partial charge in [-0.2, -0.15) is 0 Å². The Morgan fingerprint density at radius 1 is 1.17 bits per heavy atom. The molecule has 0 spiro atoms. The highest BCUT2D eigenvalue weighted by atomic mass is 35.5. The van der Waals surface area contributed by atoms with Crippen molar-refractivity contribution in [3.05, 3.63) is 52.3 Å². The second-order valence-corrected chi connectivity index (χ2v) is 5.98. The van der Waals surface area contributed by atoms with E-state index in [-0.39, 0.29) is 5.82 Å². The molecular formula is C18H21ClFN3. The third kappa shape index (κ3) is 4.70. The SMILES string of the molecule is CCN(C)C=Nc1cc(C)cc(Nc2cc(C)cc(F)c2)c1Cl. The third-order valence-electron chi connectivity index (χ3n) is 3.41.